The second-order valence-electron chi connectivity index (χ2n) is 6.86. The molecule has 1 aliphatic carbocycles. The van der Waals surface area contributed by atoms with Crippen molar-refractivity contribution in [3.63, 3.8) is 0 Å². The van der Waals surface area contributed by atoms with E-state index in [-0.39, 0.29) is 23.6 Å². The van der Waals surface area contributed by atoms with Crippen LogP contribution in [0.3, 0.4) is 0 Å². The van der Waals surface area contributed by atoms with Gasteiger partial charge in [0.2, 0.25) is 11.9 Å². The number of aromatic nitrogens is 2. The van der Waals surface area contributed by atoms with Crippen molar-refractivity contribution >= 4 is 11.9 Å². The maximum atomic E-state index is 13.5. The minimum Gasteiger partial charge on any atom is -0.351 e. The summed E-state index contributed by atoms with van der Waals surface area (Å²) in [5.74, 6) is -1.91. The zero-order chi connectivity index (χ0) is 19.7. The summed E-state index contributed by atoms with van der Waals surface area (Å²) < 4.78 is 26.7. The van der Waals surface area contributed by atoms with Crippen molar-refractivity contribution in [1.29, 1.82) is 5.26 Å². The summed E-state index contributed by atoms with van der Waals surface area (Å²) in [7, 11) is 0. The Bertz CT molecular complexity index is 942. The number of carbonyl (C=O) groups excluding carboxylic acids is 1. The molecule has 2 aliphatic rings. The second kappa shape index (κ2) is 7.48. The van der Waals surface area contributed by atoms with Crippen molar-refractivity contribution in [2.45, 2.75) is 31.3 Å². The van der Waals surface area contributed by atoms with E-state index in [0.29, 0.717) is 37.4 Å². The zero-order valence-corrected chi connectivity index (χ0v) is 14.8. The van der Waals surface area contributed by atoms with Gasteiger partial charge in [-0.1, -0.05) is 6.07 Å². The smallest absolute Gasteiger partial charge is 0.249 e. The summed E-state index contributed by atoms with van der Waals surface area (Å²) in [5, 5.41) is 13.3. The number of nitrogens with zero attached hydrogens (tertiary/aromatic N) is 4. The van der Waals surface area contributed by atoms with Crippen LogP contribution in [0.2, 0.25) is 0 Å². The monoisotopic (exact) mass is 385 g/mol. The summed E-state index contributed by atoms with van der Waals surface area (Å²) >= 11 is 0. The SMILES string of the molecule is N#Cc1ccnc(NC2CC(C(=O)N3OCC[C@H]3c3ccc(F)c(F)c3)C2)n1. The first-order chi connectivity index (χ1) is 13.5. The van der Waals surface area contributed by atoms with Crippen LogP contribution in [0.25, 0.3) is 0 Å². The van der Waals surface area contributed by atoms with E-state index in [0.717, 1.165) is 12.1 Å². The Morgan fingerprint density at radius 3 is 2.86 bits per heavy atom. The molecule has 1 aromatic carbocycles. The molecule has 1 saturated carbocycles. The highest BCUT2D eigenvalue weighted by Gasteiger charge is 2.42. The lowest BCUT2D eigenvalue weighted by atomic mass is 9.79. The van der Waals surface area contributed by atoms with Crippen molar-refractivity contribution in [2.24, 2.45) is 5.92 Å². The molecule has 0 unspecified atom stereocenters. The van der Waals surface area contributed by atoms with Crippen molar-refractivity contribution in [1.82, 2.24) is 15.0 Å². The molecule has 1 aliphatic heterocycles. The van der Waals surface area contributed by atoms with Gasteiger partial charge in [-0.15, -0.1) is 0 Å². The van der Waals surface area contributed by atoms with Crippen LogP contribution >= 0.6 is 0 Å². The number of rotatable bonds is 4. The fraction of sp³-hybridized carbons (Fsp3) is 0.368. The van der Waals surface area contributed by atoms with Gasteiger partial charge in [0.25, 0.3) is 0 Å². The third-order valence-corrected chi connectivity index (χ3v) is 5.04. The molecule has 0 radical (unpaired) electrons. The van der Waals surface area contributed by atoms with Gasteiger partial charge in [0.05, 0.1) is 12.6 Å². The van der Waals surface area contributed by atoms with E-state index in [1.807, 2.05) is 6.07 Å². The number of carbonyl (C=O) groups is 1. The molecule has 7 nitrogen and oxygen atoms in total. The van der Waals surface area contributed by atoms with Crippen LogP contribution in [0.5, 0.6) is 0 Å². The normalized spacial score (nSPS) is 23.8. The van der Waals surface area contributed by atoms with Crippen LogP contribution in [0.15, 0.2) is 30.5 Å². The van der Waals surface area contributed by atoms with Gasteiger partial charge in [-0.25, -0.2) is 23.8 Å². The van der Waals surface area contributed by atoms with Gasteiger partial charge in [0.1, 0.15) is 11.8 Å². The number of amides is 1. The number of anilines is 1. The molecule has 9 heteroatoms. The van der Waals surface area contributed by atoms with Crippen LogP contribution in [-0.4, -0.2) is 33.6 Å². The average Bonchev–Trinajstić information content (AvgIpc) is 3.16. The first-order valence-electron chi connectivity index (χ1n) is 8.96. The summed E-state index contributed by atoms with van der Waals surface area (Å²) in [4.78, 5) is 26.4. The molecule has 2 heterocycles. The Morgan fingerprint density at radius 2 is 2.11 bits per heavy atom. The number of nitrogens with one attached hydrogen (secondary N) is 1. The second-order valence-corrected chi connectivity index (χ2v) is 6.86. The highest BCUT2D eigenvalue weighted by atomic mass is 19.2. The molecule has 4 rings (SSSR count). The van der Waals surface area contributed by atoms with Gasteiger partial charge >= 0.3 is 0 Å². The Kier molecular flexibility index (Phi) is 4.88. The third kappa shape index (κ3) is 3.51. The summed E-state index contributed by atoms with van der Waals surface area (Å²) in [5.41, 5.74) is 0.782. The molecule has 1 saturated heterocycles. The maximum Gasteiger partial charge on any atom is 0.249 e. The summed E-state index contributed by atoms with van der Waals surface area (Å²) in [6.07, 6.45) is 3.17. The number of hydrogen-bond acceptors (Lipinski definition) is 6. The highest BCUT2D eigenvalue weighted by Crippen LogP contribution is 2.37. The van der Waals surface area contributed by atoms with Gasteiger partial charge in [-0.3, -0.25) is 9.63 Å². The average molecular weight is 385 g/mol. The fourth-order valence-electron chi connectivity index (χ4n) is 3.50. The molecule has 0 bridgehead atoms. The molecule has 1 aromatic heterocycles. The quantitative estimate of drug-likeness (QED) is 0.870. The Morgan fingerprint density at radius 1 is 1.29 bits per heavy atom. The zero-order valence-electron chi connectivity index (χ0n) is 14.8. The number of benzene rings is 1. The lowest BCUT2D eigenvalue weighted by molar-refractivity contribution is -0.184. The van der Waals surface area contributed by atoms with Gasteiger partial charge in [-0.05, 0) is 36.6 Å². The highest BCUT2D eigenvalue weighted by molar-refractivity contribution is 5.79. The van der Waals surface area contributed by atoms with Gasteiger partial charge in [-0.2, -0.15) is 5.26 Å². The van der Waals surface area contributed by atoms with E-state index in [1.54, 1.807) is 0 Å². The van der Waals surface area contributed by atoms with E-state index in [2.05, 4.69) is 15.3 Å². The van der Waals surface area contributed by atoms with E-state index >= 15 is 0 Å². The lowest BCUT2D eigenvalue weighted by Gasteiger charge is -2.37. The molecular formula is C19H17F2N5O2. The third-order valence-electron chi connectivity index (χ3n) is 5.04. The van der Waals surface area contributed by atoms with Crippen LogP contribution in [0.4, 0.5) is 14.7 Å². The van der Waals surface area contributed by atoms with E-state index in [9.17, 15) is 13.6 Å². The fourth-order valence-corrected chi connectivity index (χ4v) is 3.50. The van der Waals surface area contributed by atoms with Crippen molar-refractivity contribution in [3.8, 4) is 6.07 Å². The van der Waals surface area contributed by atoms with Crippen molar-refractivity contribution in [3.05, 3.63) is 53.4 Å². The van der Waals surface area contributed by atoms with Crippen LogP contribution < -0.4 is 5.32 Å². The molecule has 0 spiro atoms. The number of hydrogen-bond donors (Lipinski definition) is 1. The molecule has 28 heavy (non-hydrogen) atoms. The number of halogens is 2. The molecular weight excluding hydrogens is 368 g/mol. The predicted octanol–water partition coefficient (Wildman–Crippen LogP) is 2.72. The maximum absolute atomic E-state index is 13.5. The van der Waals surface area contributed by atoms with E-state index in [1.165, 1.54) is 23.4 Å². The summed E-state index contributed by atoms with van der Waals surface area (Å²) in [6, 6.07) is 6.71. The van der Waals surface area contributed by atoms with Crippen molar-refractivity contribution in [2.75, 3.05) is 11.9 Å². The Labute approximate surface area is 159 Å². The first kappa shape index (κ1) is 18.3. The molecule has 2 aromatic rings. The molecule has 1 amide bonds. The van der Waals surface area contributed by atoms with E-state index in [4.69, 9.17) is 10.1 Å². The van der Waals surface area contributed by atoms with Gasteiger partial charge in [0.15, 0.2) is 11.6 Å². The minimum absolute atomic E-state index is 0.0206. The molecule has 1 atom stereocenters. The number of nitriles is 1. The molecule has 2 fully saturated rings. The Balaban J connectivity index is 1.37. The van der Waals surface area contributed by atoms with Crippen LogP contribution in [-0.2, 0) is 9.63 Å². The first-order valence-corrected chi connectivity index (χ1v) is 8.96. The van der Waals surface area contributed by atoms with Gasteiger partial charge in [0, 0.05) is 24.6 Å². The Hall–Kier alpha value is -3.12. The lowest BCUT2D eigenvalue weighted by Crippen LogP contribution is -2.45. The largest absolute Gasteiger partial charge is 0.351 e. The molecule has 144 valence electrons. The predicted molar refractivity (Wildman–Crippen MR) is 93.4 cm³/mol. The molecule has 1 N–H and O–H groups in total. The van der Waals surface area contributed by atoms with Crippen LogP contribution in [0, 0.1) is 28.9 Å². The standard InChI is InChI=1S/C19H17F2N5O2/c20-15-2-1-11(9-16(15)21)17-4-6-28-26(17)18(27)12-7-14(8-12)25-19-23-5-3-13(10-22)24-19/h1-3,5,9,12,14,17H,4,6-8H2,(H,23,24,25)/t12?,14?,17-/m0/s1. The topological polar surface area (TPSA) is 91.1 Å². The minimum atomic E-state index is -0.940. The van der Waals surface area contributed by atoms with Crippen LogP contribution in [0.1, 0.15) is 36.6 Å². The van der Waals surface area contributed by atoms with E-state index < -0.39 is 17.7 Å². The summed E-state index contributed by atoms with van der Waals surface area (Å²) in [6.45, 7) is 0.346. The number of hydroxylamine groups is 2. The van der Waals surface area contributed by atoms with Crippen molar-refractivity contribution < 1.29 is 18.4 Å². The van der Waals surface area contributed by atoms with Gasteiger partial charge < -0.3 is 5.32 Å².